The predicted molar refractivity (Wildman–Crippen MR) is 92.9 cm³/mol. The van der Waals surface area contributed by atoms with E-state index in [0.717, 1.165) is 27.1 Å². The van der Waals surface area contributed by atoms with Gasteiger partial charge in [-0.3, -0.25) is 9.69 Å². The fourth-order valence-corrected chi connectivity index (χ4v) is 2.53. The summed E-state index contributed by atoms with van der Waals surface area (Å²) >= 11 is 3.47. The summed E-state index contributed by atoms with van der Waals surface area (Å²) in [5.74, 6) is 0.391. The highest BCUT2D eigenvalue weighted by atomic mass is 79.9. The number of rotatable bonds is 6. The molecule has 1 heterocycles. The zero-order valence-electron chi connectivity index (χ0n) is 13.1. The number of urea groups is 1. The van der Waals surface area contributed by atoms with Gasteiger partial charge in [0, 0.05) is 6.54 Å². The predicted octanol–water partition coefficient (Wildman–Crippen LogP) is 3.71. The molecule has 1 N–H and O–H groups in total. The summed E-state index contributed by atoms with van der Waals surface area (Å²) in [5, 5.41) is 2.57. The van der Waals surface area contributed by atoms with Crippen molar-refractivity contribution in [1.82, 2.24) is 10.2 Å². The van der Waals surface area contributed by atoms with E-state index < -0.39 is 6.03 Å². The molecule has 2 rings (SSSR count). The molecule has 0 bridgehead atoms. The van der Waals surface area contributed by atoms with Crippen LogP contribution in [0.1, 0.15) is 25.8 Å². The summed E-state index contributed by atoms with van der Waals surface area (Å²) in [6.07, 6.45) is 4.19. The molecule has 1 saturated heterocycles. The van der Waals surface area contributed by atoms with Gasteiger partial charge in [0.2, 0.25) is 0 Å². The number of benzene rings is 1. The highest BCUT2D eigenvalue weighted by Gasteiger charge is 2.32. The van der Waals surface area contributed by atoms with E-state index in [0.29, 0.717) is 0 Å². The standard InChI is InChI=1S/C17H19BrN2O3/c1-4-8-20-16(21)14(19-17(20)22)10-12-6-7-15(13(18)9-12)23-11(3)5-2/h4,6-7,9-11H,1,5,8H2,2-3H3,(H,19,22)/b14-10+/t11-/m0/s1. The van der Waals surface area contributed by atoms with Crippen molar-refractivity contribution in [3.63, 3.8) is 0 Å². The molecule has 1 aromatic rings. The summed E-state index contributed by atoms with van der Waals surface area (Å²) in [4.78, 5) is 25.0. The van der Waals surface area contributed by atoms with Crippen molar-refractivity contribution in [3.8, 4) is 5.75 Å². The summed E-state index contributed by atoms with van der Waals surface area (Å²) in [6.45, 7) is 7.79. The van der Waals surface area contributed by atoms with Crippen LogP contribution in [0.2, 0.25) is 0 Å². The average molecular weight is 379 g/mol. The lowest BCUT2D eigenvalue weighted by molar-refractivity contribution is -0.122. The van der Waals surface area contributed by atoms with Crippen LogP contribution in [0.5, 0.6) is 5.75 Å². The molecule has 1 atom stereocenters. The Morgan fingerprint density at radius 1 is 1.43 bits per heavy atom. The van der Waals surface area contributed by atoms with Gasteiger partial charge in [-0.1, -0.05) is 19.1 Å². The summed E-state index contributed by atoms with van der Waals surface area (Å²) in [5.41, 5.74) is 1.04. The molecule has 0 aliphatic carbocycles. The lowest BCUT2D eigenvalue weighted by atomic mass is 10.2. The van der Waals surface area contributed by atoms with Crippen molar-refractivity contribution < 1.29 is 14.3 Å². The third-order valence-corrected chi connectivity index (χ3v) is 4.06. The Hall–Kier alpha value is -2.08. The minimum atomic E-state index is -0.433. The largest absolute Gasteiger partial charge is 0.490 e. The van der Waals surface area contributed by atoms with E-state index in [9.17, 15) is 9.59 Å². The van der Waals surface area contributed by atoms with Gasteiger partial charge in [-0.15, -0.1) is 6.58 Å². The second-order valence-electron chi connectivity index (χ2n) is 5.22. The van der Waals surface area contributed by atoms with Gasteiger partial charge >= 0.3 is 6.03 Å². The van der Waals surface area contributed by atoms with Gasteiger partial charge in [0.1, 0.15) is 11.4 Å². The van der Waals surface area contributed by atoms with Crippen molar-refractivity contribution in [1.29, 1.82) is 0 Å². The molecule has 1 aliphatic heterocycles. The minimum absolute atomic E-state index is 0.124. The number of amides is 3. The number of hydrogen-bond acceptors (Lipinski definition) is 3. The third kappa shape index (κ3) is 4.01. The molecule has 0 unspecified atom stereocenters. The fraction of sp³-hybridized carbons (Fsp3) is 0.294. The second-order valence-corrected chi connectivity index (χ2v) is 6.07. The number of carbonyl (C=O) groups is 2. The Morgan fingerprint density at radius 2 is 2.17 bits per heavy atom. The Kier molecular flexibility index (Phi) is 5.60. The molecular formula is C17H19BrN2O3. The number of imide groups is 1. The highest BCUT2D eigenvalue weighted by molar-refractivity contribution is 9.10. The quantitative estimate of drug-likeness (QED) is 0.466. The molecule has 5 nitrogen and oxygen atoms in total. The van der Waals surface area contributed by atoms with Crippen molar-refractivity contribution >= 4 is 33.9 Å². The van der Waals surface area contributed by atoms with Crippen LogP contribution >= 0.6 is 15.9 Å². The molecule has 0 saturated carbocycles. The first-order chi connectivity index (χ1) is 11.0. The van der Waals surface area contributed by atoms with Gasteiger partial charge in [-0.05, 0) is 53.0 Å². The van der Waals surface area contributed by atoms with Crippen molar-refractivity contribution in [2.24, 2.45) is 0 Å². The number of ether oxygens (including phenoxy) is 1. The molecule has 3 amide bonds. The average Bonchev–Trinajstić information content (AvgIpc) is 2.78. The zero-order valence-corrected chi connectivity index (χ0v) is 14.7. The first kappa shape index (κ1) is 17.3. The molecule has 0 aromatic heterocycles. The summed E-state index contributed by atoms with van der Waals surface area (Å²) in [7, 11) is 0. The van der Waals surface area contributed by atoms with E-state index in [2.05, 4.69) is 34.7 Å². The van der Waals surface area contributed by atoms with E-state index in [1.54, 1.807) is 6.08 Å². The summed E-state index contributed by atoms with van der Waals surface area (Å²) < 4.78 is 6.58. The lowest BCUT2D eigenvalue weighted by Crippen LogP contribution is -2.30. The Bertz CT molecular complexity index is 670. The van der Waals surface area contributed by atoms with Crippen LogP contribution in [0.25, 0.3) is 6.08 Å². The summed E-state index contributed by atoms with van der Waals surface area (Å²) in [6, 6.07) is 5.09. The van der Waals surface area contributed by atoms with Gasteiger partial charge in [0.05, 0.1) is 10.6 Å². The van der Waals surface area contributed by atoms with E-state index in [1.807, 2.05) is 25.1 Å². The van der Waals surface area contributed by atoms with Crippen LogP contribution in [0, 0.1) is 0 Å². The second kappa shape index (κ2) is 7.46. The van der Waals surface area contributed by atoms with Crippen LogP contribution in [0.3, 0.4) is 0 Å². The number of carbonyl (C=O) groups excluding carboxylic acids is 2. The molecule has 23 heavy (non-hydrogen) atoms. The van der Waals surface area contributed by atoms with Crippen molar-refractivity contribution in [2.75, 3.05) is 6.54 Å². The van der Waals surface area contributed by atoms with Crippen LogP contribution in [-0.4, -0.2) is 29.5 Å². The van der Waals surface area contributed by atoms with Crippen LogP contribution in [-0.2, 0) is 4.79 Å². The van der Waals surface area contributed by atoms with Crippen molar-refractivity contribution in [2.45, 2.75) is 26.4 Å². The number of nitrogens with one attached hydrogen (secondary N) is 1. The number of nitrogens with zero attached hydrogens (tertiary/aromatic N) is 1. The number of hydrogen-bond donors (Lipinski definition) is 1. The molecule has 1 fully saturated rings. The fourth-order valence-electron chi connectivity index (χ4n) is 2.04. The Morgan fingerprint density at radius 3 is 2.78 bits per heavy atom. The van der Waals surface area contributed by atoms with E-state index in [-0.39, 0.29) is 24.3 Å². The molecule has 122 valence electrons. The Balaban J connectivity index is 2.20. The molecule has 6 heteroatoms. The smallest absolute Gasteiger partial charge is 0.329 e. The lowest BCUT2D eigenvalue weighted by Gasteiger charge is -2.14. The van der Waals surface area contributed by atoms with E-state index in [4.69, 9.17) is 4.74 Å². The maximum absolute atomic E-state index is 12.1. The van der Waals surface area contributed by atoms with Crippen LogP contribution in [0.4, 0.5) is 4.79 Å². The highest BCUT2D eigenvalue weighted by Crippen LogP contribution is 2.28. The number of halogens is 1. The first-order valence-corrected chi connectivity index (χ1v) is 8.17. The molecule has 0 spiro atoms. The molecular weight excluding hydrogens is 360 g/mol. The van der Waals surface area contributed by atoms with Gasteiger partial charge in [0.15, 0.2) is 0 Å². The van der Waals surface area contributed by atoms with Crippen molar-refractivity contribution in [3.05, 3.63) is 46.6 Å². The van der Waals surface area contributed by atoms with Gasteiger partial charge in [-0.25, -0.2) is 4.79 Å². The first-order valence-electron chi connectivity index (χ1n) is 7.38. The SMILES string of the molecule is C=CCN1C(=O)N/C(=C/c2ccc(O[C@@H](C)CC)c(Br)c2)C1=O. The maximum Gasteiger partial charge on any atom is 0.329 e. The van der Waals surface area contributed by atoms with Gasteiger partial charge in [0.25, 0.3) is 5.91 Å². The van der Waals surface area contributed by atoms with Crippen LogP contribution in [0.15, 0.2) is 41.0 Å². The van der Waals surface area contributed by atoms with Crippen LogP contribution < -0.4 is 10.1 Å². The topological polar surface area (TPSA) is 58.6 Å². The zero-order chi connectivity index (χ0) is 17.0. The van der Waals surface area contributed by atoms with E-state index >= 15 is 0 Å². The Labute approximate surface area is 144 Å². The van der Waals surface area contributed by atoms with Gasteiger partial charge < -0.3 is 10.1 Å². The molecule has 1 aliphatic rings. The molecule has 1 aromatic carbocycles. The normalized spacial score (nSPS) is 17.3. The minimum Gasteiger partial charge on any atom is -0.490 e. The van der Waals surface area contributed by atoms with E-state index in [1.165, 1.54) is 6.08 Å². The third-order valence-electron chi connectivity index (χ3n) is 3.44. The van der Waals surface area contributed by atoms with Gasteiger partial charge in [-0.2, -0.15) is 0 Å². The monoisotopic (exact) mass is 378 g/mol. The molecule has 0 radical (unpaired) electrons. The maximum atomic E-state index is 12.1.